The van der Waals surface area contributed by atoms with Gasteiger partial charge in [-0.15, -0.1) is 0 Å². The van der Waals surface area contributed by atoms with Crippen molar-refractivity contribution in [2.75, 3.05) is 18.0 Å². The summed E-state index contributed by atoms with van der Waals surface area (Å²) in [5, 5.41) is 8.60. The third-order valence-electron chi connectivity index (χ3n) is 5.20. The number of fused-ring (bicyclic) bond motifs is 1. The summed E-state index contributed by atoms with van der Waals surface area (Å²) in [6.07, 6.45) is -1.13. The fraction of sp³-hybridized carbons (Fsp3) is 0.353. The maximum Gasteiger partial charge on any atom is 0.416 e. The van der Waals surface area contributed by atoms with Gasteiger partial charge in [-0.05, 0) is 24.0 Å². The third-order valence-corrected chi connectivity index (χ3v) is 5.20. The molecule has 2 heterocycles. The molecule has 9 heteroatoms. The molecule has 1 aliphatic carbocycles. The van der Waals surface area contributed by atoms with Crippen molar-refractivity contribution >= 4 is 11.9 Å². The number of nitrogens with one attached hydrogen (secondary N) is 1. The Balaban J connectivity index is 1.59. The molecule has 2 aliphatic rings. The first-order valence-corrected chi connectivity index (χ1v) is 8.03. The maximum absolute atomic E-state index is 13.4. The maximum atomic E-state index is 13.4. The summed E-state index contributed by atoms with van der Waals surface area (Å²) in [4.78, 5) is 21.3. The smallest absolute Gasteiger partial charge is 0.340 e. The van der Waals surface area contributed by atoms with Gasteiger partial charge in [0.2, 0.25) is 5.95 Å². The van der Waals surface area contributed by atoms with Gasteiger partial charge in [-0.1, -0.05) is 18.2 Å². The second-order valence-electron chi connectivity index (χ2n) is 6.69. The Bertz CT molecular complexity index is 856. The van der Waals surface area contributed by atoms with E-state index in [4.69, 9.17) is 5.21 Å². The second kappa shape index (κ2) is 5.66. The van der Waals surface area contributed by atoms with E-state index in [1.807, 2.05) is 4.90 Å². The summed E-state index contributed by atoms with van der Waals surface area (Å²) < 4.78 is 40.1. The molecular weight excluding hydrogens is 349 g/mol. The average molecular weight is 364 g/mol. The van der Waals surface area contributed by atoms with Gasteiger partial charge in [-0.25, -0.2) is 15.4 Å². The van der Waals surface area contributed by atoms with Gasteiger partial charge in [0.05, 0.1) is 11.1 Å². The number of amides is 1. The summed E-state index contributed by atoms with van der Waals surface area (Å²) in [5.41, 5.74) is 0.804. The van der Waals surface area contributed by atoms with E-state index in [0.29, 0.717) is 31.0 Å². The van der Waals surface area contributed by atoms with Crippen LogP contribution in [0.2, 0.25) is 0 Å². The number of hydroxylamine groups is 1. The van der Waals surface area contributed by atoms with Crippen molar-refractivity contribution in [3.63, 3.8) is 0 Å². The van der Waals surface area contributed by atoms with E-state index in [0.717, 1.165) is 6.07 Å². The number of rotatable bonds is 3. The Morgan fingerprint density at radius 2 is 1.96 bits per heavy atom. The Labute approximate surface area is 146 Å². The molecule has 1 aromatic heterocycles. The highest BCUT2D eigenvalue weighted by Crippen LogP contribution is 2.61. The summed E-state index contributed by atoms with van der Waals surface area (Å²) in [6.45, 7) is 0.966. The lowest BCUT2D eigenvalue weighted by Crippen LogP contribution is -2.29. The number of alkyl halides is 3. The van der Waals surface area contributed by atoms with Gasteiger partial charge in [0.15, 0.2) is 0 Å². The third kappa shape index (κ3) is 2.59. The molecule has 4 rings (SSSR count). The first-order valence-electron chi connectivity index (χ1n) is 8.03. The lowest BCUT2D eigenvalue weighted by Gasteiger charge is -2.23. The number of hydrogen-bond donors (Lipinski definition) is 2. The van der Waals surface area contributed by atoms with Crippen molar-refractivity contribution in [2.45, 2.75) is 18.0 Å². The van der Waals surface area contributed by atoms with Crippen LogP contribution in [0.3, 0.4) is 0 Å². The number of carbonyl (C=O) groups excluding carboxylic acids is 1. The van der Waals surface area contributed by atoms with E-state index in [1.165, 1.54) is 23.9 Å². The molecule has 0 bridgehead atoms. The first-order chi connectivity index (χ1) is 12.3. The quantitative estimate of drug-likeness (QED) is 0.646. The molecule has 2 N–H and O–H groups in total. The Hall–Kier alpha value is -2.68. The van der Waals surface area contributed by atoms with Crippen molar-refractivity contribution in [3.8, 4) is 0 Å². The van der Waals surface area contributed by atoms with Crippen LogP contribution in [0.5, 0.6) is 0 Å². The molecule has 1 aromatic carbocycles. The van der Waals surface area contributed by atoms with Crippen LogP contribution in [0, 0.1) is 5.92 Å². The van der Waals surface area contributed by atoms with Crippen LogP contribution in [0.25, 0.3) is 0 Å². The van der Waals surface area contributed by atoms with Crippen molar-refractivity contribution in [2.24, 2.45) is 5.92 Å². The lowest BCUT2D eigenvalue weighted by atomic mass is 9.90. The molecule has 0 unspecified atom stereocenters. The zero-order chi connectivity index (χ0) is 18.5. The highest BCUT2D eigenvalue weighted by molar-refractivity contribution is 5.92. The van der Waals surface area contributed by atoms with Gasteiger partial charge in [-0.3, -0.25) is 10.0 Å². The van der Waals surface area contributed by atoms with Crippen LogP contribution >= 0.6 is 0 Å². The van der Waals surface area contributed by atoms with E-state index in [1.54, 1.807) is 12.1 Å². The standard InChI is InChI=1S/C17H15F3N4O2/c18-17(19,20)13-4-2-1-3-12(13)16-5-11(16)8-24(9-16)15-21-6-10(7-22-15)14(25)23-26/h1-4,6-7,11,26H,5,8-9H2,(H,23,25)/t11-,16-/m1/s1. The number of aromatic nitrogens is 2. The Morgan fingerprint density at radius 1 is 1.27 bits per heavy atom. The highest BCUT2D eigenvalue weighted by Gasteiger charge is 2.63. The normalized spacial score (nSPS) is 24.3. The molecule has 1 saturated carbocycles. The van der Waals surface area contributed by atoms with Gasteiger partial charge in [0, 0.05) is 30.9 Å². The molecule has 2 aromatic rings. The molecule has 136 valence electrons. The topological polar surface area (TPSA) is 78.3 Å². The molecule has 1 amide bonds. The van der Waals surface area contributed by atoms with Crippen LogP contribution in [-0.2, 0) is 11.6 Å². The van der Waals surface area contributed by atoms with Crippen molar-refractivity contribution in [3.05, 3.63) is 53.3 Å². The van der Waals surface area contributed by atoms with E-state index in [-0.39, 0.29) is 11.5 Å². The molecule has 0 radical (unpaired) electrons. The number of hydrogen-bond acceptors (Lipinski definition) is 5. The van der Waals surface area contributed by atoms with Crippen molar-refractivity contribution in [1.82, 2.24) is 15.4 Å². The van der Waals surface area contributed by atoms with Crippen LogP contribution in [0.1, 0.15) is 27.9 Å². The number of nitrogens with zero attached hydrogens (tertiary/aromatic N) is 3. The Morgan fingerprint density at radius 3 is 2.62 bits per heavy atom. The lowest BCUT2D eigenvalue weighted by molar-refractivity contribution is -0.138. The molecule has 2 atom stereocenters. The summed E-state index contributed by atoms with van der Waals surface area (Å²) in [6, 6.07) is 5.72. The molecular formula is C17H15F3N4O2. The predicted octanol–water partition coefficient (Wildman–Crippen LogP) is 2.39. The predicted molar refractivity (Wildman–Crippen MR) is 84.7 cm³/mol. The average Bonchev–Trinajstić information content (AvgIpc) is 3.21. The van der Waals surface area contributed by atoms with Gasteiger partial charge >= 0.3 is 6.18 Å². The SMILES string of the molecule is O=C(NO)c1cnc(N2C[C@H]3C[C@@]3(c3ccccc3C(F)(F)F)C2)nc1. The number of halogens is 3. The van der Waals surface area contributed by atoms with Crippen LogP contribution in [0.4, 0.5) is 19.1 Å². The molecule has 0 spiro atoms. The van der Waals surface area contributed by atoms with Gasteiger partial charge in [0.1, 0.15) is 0 Å². The number of piperidine rings is 1. The highest BCUT2D eigenvalue weighted by atomic mass is 19.4. The fourth-order valence-electron chi connectivity index (χ4n) is 3.88. The van der Waals surface area contributed by atoms with E-state index in [2.05, 4.69) is 9.97 Å². The Kier molecular flexibility index (Phi) is 3.65. The zero-order valence-electron chi connectivity index (χ0n) is 13.5. The molecule has 26 heavy (non-hydrogen) atoms. The van der Waals surface area contributed by atoms with Crippen LogP contribution < -0.4 is 10.4 Å². The van der Waals surface area contributed by atoms with Gasteiger partial charge < -0.3 is 4.90 Å². The number of benzene rings is 1. The van der Waals surface area contributed by atoms with Crippen molar-refractivity contribution < 1.29 is 23.2 Å². The van der Waals surface area contributed by atoms with E-state index >= 15 is 0 Å². The van der Waals surface area contributed by atoms with E-state index in [9.17, 15) is 18.0 Å². The fourth-order valence-corrected chi connectivity index (χ4v) is 3.88. The summed E-state index contributed by atoms with van der Waals surface area (Å²) >= 11 is 0. The number of anilines is 1. The molecule has 6 nitrogen and oxygen atoms in total. The molecule has 1 saturated heterocycles. The summed E-state index contributed by atoms with van der Waals surface area (Å²) in [5.74, 6) is -0.248. The minimum Gasteiger partial charge on any atom is -0.340 e. The molecule has 2 fully saturated rings. The first kappa shape index (κ1) is 16.8. The van der Waals surface area contributed by atoms with E-state index < -0.39 is 23.1 Å². The van der Waals surface area contributed by atoms with Crippen molar-refractivity contribution in [1.29, 1.82) is 0 Å². The minimum atomic E-state index is -4.39. The monoisotopic (exact) mass is 364 g/mol. The largest absolute Gasteiger partial charge is 0.416 e. The van der Waals surface area contributed by atoms with Crippen LogP contribution in [0.15, 0.2) is 36.7 Å². The summed E-state index contributed by atoms with van der Waals surface area (Å²) in [7, 11) is 0. The van der Waals surface area contributed by atoms with Crippen LogP contribution in [-0.4, -0.2) is 34.2 Å². The molecule has 1 aliphatic heterocycles. The zero-order valence-corrected chi connectivity index (χ0v) is 13.5. The van der Waals surface area contributed by atoms with Gasteiger partial charge in [0.25, 0.3) is 5.91 Å². The van der Waals surface area contributed by atoms with Gasteiger partial charge in [-0.2, -0.15) is 13.2 Å². The second-order valence-corrected chi connectivity index (χ2v) is 6.69. The number of carbonyl (C=O) groups is 1. The minimum absolute atomic E-state index is 0.0951.